The lowest BCUT2D eigenvalue weighted by Gasteiger charge is -2.25. The Hall–Kier alpha value is -4.66. The molecule has 1 aliphatic carbocycles. The number of nitrogens with zero attached hydrogens (tertiary/aromatic N) is 2. The Kier molecular flexibility index (Phi) is 7.31. The van der Waals surface area contributed by atoms with E-state index in [0.29, 0.717) is 51.9 Å². The number of hydrogen-bond donors (Lipinski definition) is 1. The number of hydrogen-bond acceptors (Lipinski definition) is 6. The number of carbonyl (C=O) groups is 2. The molecule has 1 heterocycles. The molecule has 9 heteroatoms. The van der Waals surface area contributed by atoms with Gasteiger partial charge >= 0.3 is 0 Å². The van der Waals surface area contributed by atoms with E-state index in [-0.39, 0.29) is 30.3 Å². The third-order valence-corrected chi connectivity index (χ3v) is 6.75. The Balaban J connectivity index is 1.54. The van der Waals surface area contributed by atoms with Crippen molar-refractivity contribution in [2.24, 2.45) is 0 Å². The van der Waals surface area contributed by atoms with Gasteiger partial charge in [-0.1, -0.05) is 18.2 Å². The smallest absolute Gasteiger partial charge is 0.224 e. The number of Topliss-reactive ketones (excluding diaryl/α,β-unsaturated/α-hetero) is 1. The molecule has 0 fully saturated rings. The van der Waals surface area contributed by atoms with E-state index in [9.17, 15) is 14.0 Å². The number of rotatable bonds is 8. The van der Waals surface area contributed by atoms with Crippen molar-refractivity contribution in [2.45, 2.75) is 25.3 Å². The summed E-state index contributed by atoms with van der Waals surface area (Å²) >= 11 is 0. The highest BCUT2D eigenvalue weighted by Crippen LogP contribution is 2.38. The highest BCUT2D eigenvalue weighted by molar-refractivity contribution is 6.04. The van der Waals surface area contributed by atoms with Gasteiger partial charge in [-0.25, -0.2) is 9.07 Å². The summed E-state index contributed by atoms with van der Waals surface area (Å²) in [4.78, 5) is 26.5. The largest absolute Gasteiger partial charge is 0.497 e. The predicted octanol–water partition coefficient (Wildman–Crippen LogP) is 5.08. The number of amides is 1. The molecule has 39 heavy (non-hydrogen) atoms. The highest BCUT2D eigenvalue weighted by atomic mass is 19.1. The maximum absolute atomic E-state index is 13.7. The molecule has 1 amide bonds. The molecule has 1 aromatic heterocycles. The number of ether oxygens (including phenoxy) is 3. The fraction of sp³-hybridized carbons (Fsp3) is 0.233. The molecule has 3 aromatic carbocycles. The third kappa shape index (κ3) is 5.20. The van der Waals surface area contributed by atoms with Gasteiger partial charge in [0.05, 0.1) is 50.7 Å². The molecule has 0 aliphatic heterocycles. The summed E-state index contributed by atoms with van der Waals surface area (Å²) in [7, 11) is 4.66. The predicted molar refractivity (Wildman–Crippen MR) is 143 cm³/mol. The molecule has 4 aromatic rings. The molecule has 8 nitrogen and oxygen atoms in total. The van der Waals surface area contributed by atoms with Gasteiger partial charge in [0.25, 0.3) is 0 Å². The van der Waals surface area contributed by atoms with Crippen LogP contribution in [0.5, 0.6) is 17.2 Å². The maximum atomic E-state index is 13.7. The summed E-state index contributed by atoms with van der Waals surface area (Å²) < 4.78 is 31.4. The molecular weight excluding hydrogens is 501 g/mol. The first kappa shape index (κ1) is 26.0. The van der Waals surface area contributed by atoms with Crippen molar-refractivity contribution in [3.8, 4) is 34.2 Å². The van der Waals surface area contributed by atoms with Crippen molar-refractivity contribution in [2.75, 3.05) is 21.3 Å². The van der Waals surface area contributed by atoms with Crippen LogP contribution in [0.3, 0.4) is 0 Å². The van der Waals surface area contributed by atoms with Crippen LogP contribution in [-0.4, -0.2) is 42.8 Å². The Morgan fingerprint density at radius 1 is 1.00 bits per heavy atom. The minimum absolute atomic E-state index is 0.0680. The van der Waals surface area contributed by atoms with Crippen LogP contribution in [0.1, 0.15) is 40.5 Å². The van der Waals surface area contributed by atoms with Gasteiger partial charge in [-0.15, -0.1) is 0 Å². The number of nitrogens with one attached hydrogen (secondary N) is 1. The summed E-state index contributed by atoms with van der Waals surface area (Å²) in [6.07, 6.45) is 0.766. The summed E-state index contributed by atoms with van der Waals surface area (Å²) in [5.41, 5.74) is 3.53. The lowest BCUT2D eigenvalue weighted by atomic mass is 9.88. The monoisotopic (exact) mass is 529 g/mol. The molecule has 0 saturated carbocycles. The summed E-state index contributed by atoms with van der Waals surface area (Å²) in [6, 6.07) is 18.0. The lowest BCUT2D eigenvalue weighted by molar-refractivity contribution is -0.121. The quantitative estimate of drug-likeness (QED) is 0.342. The van der Waals surface area contributed by atoms with E-state index in [0.717, 1.165) is 5.56 Å². The Morgan fingerprint density at radius 2 is 1.77 bits per heavy atom. The minimum Gasteiger partial charge on any atom is -0.497 e. The molecule has 5 rings (SSSR count). The second kappa shape index (κ2) is 11.0. The average molecular weight is 530 g/mol. The van der Waals surface area contributed by atoms with Crippen molar-refractivity contribution in [3.63, 3.8) is 0 Å². The van der Waals surface area contributed by atoms with Gasteiger partial charge in [0.1, 0.15) is 17.3 Å². The number of carbonyl (C=O) groups excluding carboxylic acids is 2. The van der Waals surface area contributed by atoms with Gasteiger partial charge < -0.3 is 19.5 Å². The molecule has 0 spiro atoms. The molecule has 200 valence electrons. The zero-order chi connectivity index (χ0) is 27.5. The van der Waals surface area contributed by atoms with E-state index >= 15 is 0 Å². The van der Waals surface area contributed by atoms with Crippen LogP contribution in [0.4, 0.5) is 4.39 Å². The third-order valence-electron chi connectivity index (χ3n) is 6.75. The fourth-order valence-electron chi connectivity index (χ4n) is 4.88. The van der Waals surface area contributed by atoms with E-state index in [4.69, 9.17) is 19.3 Å². The standard InChI is InChI=1S/C30H28FN3O5/c1-37-22-6-4-5-19(17-22)29-28-24(35)13-12-23(30(28)34(33-29)21-10-8-20(31)9-11-21)32-27(36)16-18-7-14-25(38-2)26(15-18)39-3/h4-11,14-15,17,23H,12-13,16H2,1-3H3,(H,32,36). The maximum Gasteiger partial charge on any atom is 0.224 e. The number of methoxy groups -OCH3 is 3. The van der Waals surface area contributed by atoms with E-state index in [2.05, 4.69) is 5.32 Å². The second-order valence-corrected chi connectivity index (χ2v) is 9.18. The van der Waals surface area contributed by atoms with Crippen LogP contribution in [0, 0.1) is 5.82 Å². The normalized spacial score (nSPS) is 14.5. The number of fused-ring (bicyclic) bond motifs is 1. The topological polar surface area (TPSA) is 91.7 Å². The van der Waals surface area contributed by atoms with Crippen molar-refractivity contribution < 1.29 is 28.2 Å². The first-order valence-corrected chi connectivity index (χ1v) is 12.5. The zero-order valence-electron chi connectivity index (χ0n) is 21.9. The molecule has 0 saturated heterocycles. The van der Waals surface area contributed by atoms with Crippen LogP contribution in [0.25, 0.3) is 16.9 Å². The van der Waals surface area contributed by atoms with Crippen LogP contribution >= 0.6 is 0 Å². The fourth-order valence-corrected chi connectivity index (χ4v) is 4.88. The molecule has 0 radical (unpaired) electrons. The average Bonchev–Trinajstić information content (AvgIpc) is 3.37. The second-order valence-electron chi connectivity index (χ2n) is 9.18. The van der Waals surface area contributed by atoms with Crippen molar-refractivity contribution in [1.82, 2.24) is 15.1 Å². The van der Waals surface area contributed by atoms with E-state index < -0.39 is 6.04 Å². The molecule has 1 N–H and O–H groups in total. The van der Waals surface area contributed by atoms with E-state index in [1.165, 1.54) is 12.1 Å². The van der Waals surface area contributed by atoms with Crippen molar-refractivity contribution >= 4 is 11.7 Å². The first-order chi connectivity index (χ1) is 18.9. The van der Waals surface area contributed by atoms with Gasteiger partial charge in [0.15, 0.2) is 17.3 Å². The summed E-state index contributed by atoms with van der Waals surface area (Å²) in [5, 5.41) is 7.90. The van der Waals surface area contributed by atoms with Gasteiger partial charge in [-0.05, 0) is 60.5 Å². The first-order valence-electron chi connectivity index (χ1n) is 12.5. The summed E-state index contributed by atoms with van der Waals surface area (Å²) in [6.45, 7) is 0. The lowest BCUT2D eigenvalue weighted by Crippen LogP contribution is -2.34. The number of halogens is 1. The van der Waals surface area contributed by atoms with E-state index in [1.807, 2.05) is 24.3 Å². The minimum atomic E-state index is -0.484. The Labute approximate surface area is 225 Å². The number of aromatic nitrogens is 2. The van der Waals surface area contributed by atoms with Gasteiger partial charge in [-0.3, -0.25) is 9.59 Å². The Bertz CT molecular complexity index is 1530. The zero-order valence-corrected chi connectivity index (χ0v) is 21.9. The number of benzene rings is 3. The van der Waals surface area contributed by atoms with Gasteiger partial charge in [0.2, 0.25) is 5.91 Å². The molecule has 1 unspecified atom stereocenters. The van der Waals surface area contributed by atoms with Gasteiger partial charge in [-0.2, -0.15) is 5.10 Å². The SMILES string of the molecule is COc1cccc(-c2nn(-c3ccc(F)cc3)c3c2C(=O)CCC3NC(=O)Cc2ccc(OC)c(OC)c2)c1. The number of ketones is 1. The van der Waals surface area contributed by atoms with Gasteiger partial charge in [0, 0.05) is 12.0 Å². The molecule has 0 bridgehead atoms. The van der Waals surface area contributed by atoms with Crippen LogP contribution < -0.4 is 19.5 Å². The summed E-state index contributed by atoms with van der Waals surface area (Å²) in [5.74, 6) is 1.06. The highest BCUT2D eigenvalue weighted by Gasteiger charge is 2.35. The molecular formula is C30H28FN3O5. The van der Waals surface area contributed by atoms with Crippen molar-refractivity contribution in [3.05, 3.63) is 89.4 Å². The molecule has 1 atom stereocenters. The Morgan fingerprint density at radius 3 is 2.49 bits per heavy atom. The molecule has 1 aliphatic rings. The van der Waals surface area contributed by atoms with Crippen molar-refractivity contribution in [1.29, 1.82) is 0 Å². The van der Waals surface area contributed by atoms with Crippen LogP contribution in [0.15, 0.2) is 66.7 Å². The van der Waals surface area contributed by atoms with E-state index in [1.54, 1.807) is 56.3 Å². The van der Waals surface area contributed by atoms with Crippen LogP contribution in [0.2, 0.25) is 0 Å². The van der Waals surface area contributed by atoms with Crippen LogP contribution in [-0.2, 0) is 11.2 Å².